The van der Waals surface area contributed by atoms with Crippen LogP contribution in [0, 0.1) is 5.41 Å². The second-order valence-electron chi connectivity index (χ2n) is 7.15. The molecule has 4 rings (SSSR count). The van der Waals surface area contributed by atoms with Gasteiger partial charge >= 0.3 is 0 Å². The largest absolute Gasteiger partial charge is 0.347 e. The molecule has 0 bridgehead atoms. The zero-order valence-electron chi connectivity index (χ0n) is 14.6. The van der Waals surface area contributed by atoms with Gasteiger partial charge in [-0.1, -0.05) is 41.7 Å². The van der Waals surface area contributed by atoms with E-state index in [0.717, 1.165) is 61.1 Å². The molecule has 0 saturated carbocycles. The lowest BCUT2D eigenvalue weighted by molar-refractivity contribution is -0.137. The summed E-state index contributed by atoms with van der Waals surface area (Å²) in [6.45, 7) is 5.87. The summed E-state index contributed by atoms with van der Waals surface area (Å²) in [4.78, 5) is 16.4. The third-order valence-electron chi connectivity index (χ3n) is 5.66. The number of piperidine rings is 2. The van der Waals surface area contributed by atoms with Crippen molar-refractivity contribution in [1.82, 2.24) is 15.1 Å². The molecule has 25 heavy (non-hydrogen) atoms. The predicted molar refractivity (Wildman–Crippen MR) is 101 cm³/mol. The maximum Gasteiger partial charge on any atom is 0.222 e. The molecule has 1 aromatic carbocycles. The minimum absolute atomic E-state index is 0.313. The molecule has 132 valence electrons. The Kier molecular flexibility index (Phi) is 4.46. The van der Waals surface area contributed by atoms with E-state index in [1.54, 1.807) is 11.3 Å². The molecule has 6 heteroatoms. The lowest BCUT2D eigenvalue weighted by Crippen LogP contribution is -2.51. The Morgan fingerprint density at radius 3 is 2.60 bits per heavy atom. The number of benzene rings is 1. The van der Waals surface area contributed by atoms with Gasteiger partial charge in [-0.3, -0.25) is 4.79 Å². The van der Waals surface area contributed by atoms with E-state index < -0.39 is 0 Å². The summed E-state index contributed by atoms with van der Waals surface area (Å²) in [5.41, 5.74) is 1.44. The lowest BCUT2D eigenvalue weighted by Gasteiger charge is -2.47. The zero-order valence-corrected chi connectivity index (χ0v) is 15.5. The Morgan fingerprint density at radius 2 is 1.88 bits per heavy atom. The van der Waals surface area contributed by atoms with Gasteiger partial charge in [0.15, 0.2) is 0 Å². The molecule has 5 nitrogen and oxygen atoms in total. The van der Waals surface area contributed by atoms with Crippen LogP contribution in [-0.4, -0.2) is 47.2 Å². The van der Waals surface area contributed by atoms with E-state index in [-0.39, 0.29) is 0 Å². The Bertz CT molecular complexity index is 737. The average Bonchev–Trinajstić information content (AvgIpc) is 3.15. The first-order chi connectivity index (χ1) is 12.2. The van der Waals surface area contributed by atoms with Crippen molar-refractivity contribution in [2.45, 2.75) is 32.6 Å². The molecule has 0 radical (unpaired) electrons. The van der Waals surface area contributed by atoms with Crippen molar-refractivity contribution in [3.63, 3.8) is 0 Å². The molecule has 3 heterocycles. The van der Waals surface area contributed by atoms with Gasteiger partial charge in [0.1, 0.15) is 5.01 Å². The average molecular weight is 356 g/mol. The summed E-state index contributed by atoms with van der Waals surface area (Å²) < 4.78 is 0. The first kappa shape index (κ1) is 16.5. The van der Waals surface area contributed by atoms with Gasteiger partial charge in [0.05, 0.1) is 0 Å². The monoisotopic (exact) mass is 356 g/mol. The second kappa shape index (κ2) is 6.75. The van der Waals surface area contributed by atoms with E-state index in [4.69, 9.17) is 0 Å². The molecular formula is C19H24N4OS. The molecule has 0 atom stereocenters. The molecule has 2 aromatic rings. The molecule has 2 aliphatic rings. The number of aromatic nitrogens is 2. The molecule has 0 N–H and O–H groups in total. The van der Waals surface area contributed by atoms with Crippen LogP contribution in [0.25, 0.3) is 10.6 Å². The fraction of sp³-hybridized carbons (Fsp3) is 0.526. The van der Waals surface area contributed by atoms with Gasteiger partial charge in [0.25, 0.3) is 0 Å². The lowest BCUT2D eigenvalue weighted by atomic mass is 9.72. The summed E-state index contributed by atoms with van der Waals surface area (Å²) in [5, 5.41) is 10.8. The molecular weight excluding hydrogens is 332 g/mol. The van der Waals surface area contributed by atoms with Crippen LogP contribution in [0.2, 0.25) is 0 Å². The number of nitrogens with zero attached hydrogens (tertiary/aromatic N) is 4. The third kappa shape index (κ3) is 3.27. The normalized spacial score (nSPS) is 20.3. The highest BCUT2D eigenvalue weighted by molar-refractivity contribution is 7.18. The van der Waals surface area contributed by atoms with E-state index in [2.05, 4.69) is 34.2 Å². The third-order valence-corrected chi connectivity index (χ3v) is 6.69. The van der Waals surface area contributed by atoms with Crippen molar-refractivity contribution >= 4 is 22.4 Å². The van der Waals surface area contributed by atoms with Gasteiger partial charge in [-0.15, -0.1) is 10.2 Å². The quantitative estimate of drug-likeness (QED) is 0.845. The van der Waals surface area contributed by atoms with Crippen LogP contribution < -0.4 is 4.90 Å². The van der Waals surface area contributed by atoms with Crippen molar-refractivity contribution in [3.05, 3.63) is 30.3 Å². The number of rotatable bonds is 3. The van der Waals surface area contributed by atoms with E-state index in [0.29, 0.717) is 17.7 Å². The fourth-order valence-corrected chi connectivity index (χ4v) is 4.91. The fourth-order valence-electron chi connectivity index (χ4n) is 4.01. The van der Waals surface area contributed by atoms with Crippen LogP contribution in [0.3, 0.4) is 0 Å². The maximum atomic E-state index is 12.0. The van der Waals surface area contributed by atoms with Gasteiger partial charge in [-0.05, 0) is 31.6 Å². The van der Waals surface area contributed by atoms with E-state index >= 15 is 0 Å². The molecule has 1 aromatic heterocycles. The molecule has 2 fully saturated rings. The number of hydrogen-bond donors (Lipinski definition) is 0. The van der Waals surface area contributed by atoms with Crippen LogP contribution in [0.15, 0.2) is 30.3 Å². The van der Waals surface area contributed by atoms with E-state index in [9.17, 15) is 4.79 Å². The highest BCUT2D eigenvalue weighted by Gasteiger charge is 2.40. The molecule has 1 spiro atoms. The maximum absolute atomic E-state index is 12.0. The number of carbonyl (C=O) groups excluding carboxylic acids is 1. The molecule has 1 amide bonds. The van der Waals surface area contributed by atoms with Crippen molar-refractivity contribution in [3.8, 4) is 10.6 Å². The van der Waals surface area contributed by atoms with Crippen LogP contribution in [0.5, 0.6) is 0 Å². The smallest absolute Gasteiger partial charge is 0.222 e. The van der Waals surface area contributed by atoms with Gasteiger partial charge in [0.2, 0.25) is 11.0 Å². The summed E-state index contributed by atoms with van der Waals surface area (Å²) in [7, 11) is 0. The van der Waals surface area contributed by atoms with Gasteiger partial charge in [0, 0.05) is 38.2 Å². The molecule has 0 aliphatic carbocycles. The van der Waals surface area contributed by atoms with Gasteiger partial charge in [-0.25, -0.2) is 0 Å². The standard InChI is InChI=1S/C19H24N4OS/c1-2-22-14-19(9-8-16(22)24)10-12-23(13-11-19)18-21-20-17(25-18)15-6-4-3-5-7-15/h3-7H,2,8-14H2,1H3. The molecule has 0 unspecified atom stereocenters. The highest BCUT2D eigenvalue weighted by Crippen LogP contribution is 2.41. The Morgan fingerprint density at radius 1 is 1.12 bits per heavy atom. The van der Waals surface area contributed by atoms with Gasteiger partial charge in [-0.2, -0.15) is 0 Å². The van der Waals surface area contributed by atoms with E-state index in [1.807, 2.05) is 23.1 Å². The van der Waals surface area contributed by atoms with Crippen molar-refractivity contribution in [2.75, 3.05) is 31.1 Å². The minimum atomic E-state index is 0.313. The van der Waals surface area contributed by atoms with Crippen molar-refractivity contribution in [2.24, 2.45) is 5.41 Å². The second-order valence-corrected chi connectivity index (χ2v) is 8.11. The highest BCUT2D eigenvalue weighted by atomic mass is 32.1. The van der Waals surface area contributed by atoms with Gasteiger partial charge < -0.3 is 9.80 Å². The van der Waals surface area contributed by atoms with E-state index in [1.165, 1.54) is 0 Å². The molecule has 2 aliphatic heterocycles. The van der Waals surface area contributed by atoms with Crippen LogP contribution in [-0.2, 0) is 4.79 Å². The Labute approximate surface area is 152 Å². The first-order valence-corrected chi connectivity index (χ1v) is 9.92. The van der Waals surface area contributed by atoms with Crippen molar-refractivity contribution < 1.29 is 4.79 Å². The molecule has 2 saturated heterocycles. The summed E-state index contributed by atoms with van der Waals surface area (Å²) in [6, 6.07) is 10.2. The van der Waals surface area contributed by atoms with Crippen molar-refractivity contribution in [1.29, 1.82) is 0 Å². The van der Waals surface area contributed by atoms with Crippen LogP contribution in [0.4, 0.5) is 5.13 Å². The predicted octanol–water partition coefficient (Wildman–Crippen LogP) is 3.43. The summed E-state index contributed by atoms with van der Waals surface area (Å²) in [5.74, 6) is 0.326. The SMILES string of the molecule is CCN1CC2(CCC1=O)CCN(c1nnc(-c3ccccc3)s1)CC2. The summed E-state index contributed by atoms with van der Waals surface area (Å²) >= 11 is 1.67. The zero-order chi connectivity index (χ0) is 17.3. The topological polar surface area (TPSA) is 49.3 Å². The number of carbonyl (C=O) groups is 1. The number of likely N-dealkylation sites (tertiary alicyclic amines) is 1. The van der Waals surface area contributed by atoms with Crippen LogP contribution >= 0.6 is 11.3 Å². The minimum Gasteiger partial charge on any atom is -0.347 e. The number of hydrogen-bond acceptors (Lipinski definition) is 5. The first-order valence-electron chi connectivity index (χ1n) is 9.11. The number of amides is 1. The summed E-state index contributed by atoms with van der Waals surface area (Å²) in [6.07, 6.45) is 4.03. The van der Waals surface area contributed by atoms with Crippen LogP contribution in [0.1, 0.15) is 32.6 Å². The Hall–Kier alpha value is -1.95. The number of anilines is 1. The Balaban J connectivity index is 1.42.